The number of thiocarbonyl (C=S) groups is 1. The molecule has 1 fully saturated rings. The fourth-order valence-electron chi connectivity index (χ4n) is 3.61. The second-order valence-corrected chi connectivity index (χ2v) is 8.69. The Kier molecular flexibility index (Phi) is 6.17. The first-order chi connectivity index (χ1) is 14.4. The molecule has 0 aliphatic carbocycles. The molecule has 8 heteroatoms. The summed E-state index contributed by atoms with van der Waals surface area (Å²) in [5.41, 5.74) is 1.70. The smallest absolute Gasteiger partial charge is 0.170 e. The lowest BCUT2D eigenvalue weighted by molar-refractivity contribution is 0.250. The Morgan fingerprint density at radius 2 is 2.07 bits per heavy atom. The van der Waals surface area contributed by atoms with Gasteiger partial charge in [-0.25, -0.2) is 4.39 Å². The number of aromatic nitrogens is 1. The maximum atomic E-state index is 13.5. The largest absolute Gasteiger partial charge is 0.459 e. The molecule has 1 aliphatic heterocycles. The lowest BCUT2D eigenvalue weighted by Crippen LogP contribution is -2.35. The van der Waals surface area contributed by atoms with E-state index in [-0.39, 0.29) is 17.9 Å². The number of pyridine rings is 1. The predicted molar refractivity (Wildman–Crippen MR) is 123 cm³/mol. The third-order valence-corrected chi connectivity index (χ3v) is 6.11. The molecule has 0 radical (unpaired) electrons. The first-order valence-electron chi connectivity index (χ1n) is 9.62. The van der Waals surface area contributed by atoms with E-state index in [0.717, 1.165) is 30.1 Å². The molecule has 2 aromatic heterocycles. The van der Waals surface area contributed by atoms with Crippen molar-refractivity contribution >= 4 is 33.3 Å². The van der Waals surface area contributed by atoms with Crippen LogP contribution in [0, 0.1) is 5.82 Å². The van der Waals surface area contributed by atoms with Crippen LogP contribution < -0.4 is 5.32 Å². The molecule has 3 heterocycles. The summed E-state index contributed by atoms with van der Waals surface area (Å²) in [5, 5.41) is 4.10. The second kappa shape index (κ2) is 8.83. The van der Waals surface area contributed by atoms with Crippen molar-refractivity contribution in [1.82, 2.24) is 20.1 Å². The van der Waals surface area contributed by atoms with Gasteiger partial charge in [0.25, 0.3) is 0 Å². The van der Waals surface area contributed by atoms with Crippen LogP contribution in [0.1, 0.15) is 23.5 Å². The molecule has 0 unspecified atom stereocenters. The standard InChI is InChI=1S/C22H22BrFN4OS/c1-27(2)11-12-28-21(20(26-22(28)30)17-5-3-4-10-25-17)19-9-8-18(29-19)15-7-6-14(24)13-16(15)23/h3-10,13,20-21H,11-12H2,1-2H3,(H,26,30)/t20-,21-/m0/s1. The van der Waals surface area contributed by atoms with Crippen LogP contribution in [0.2, 0.25) is 0 Å². The van der Waals surface area contributed by atoms with Crippen LogP contribution in [0.15, 0.2) is 63.6 Å². The van der Waals surface area contributed by atoms with Gasteiger partial charge in [-0.1, -0.05) is 6.07 Å². The number of hydrogen-bond donors (Lipinski definition) is 1. The number of likely N-dealkylation sites (N-methyl/N-ethyl adjacent to an activating group) is 1. The Balaban J connectivity index is 1.71. The van der Waals surface area contributed by atoms with Crippen molar-refractivity contribution in [2.45, 2.75) is 12.1 Å². The highest BCUT2D eigenvalue weighted by molar-refractivity contribution is 9.10. The minimum Gasteiger partial charge on any atom is -0.459 e. The SMILES string of the molecule is CN(C)CCN1C(=S)N[C@@H](c2ccccn2)[C@@H]1c1ccc(-c2ccc(F)cc2Br)o1. The average Bonchev–Trinajstić information content (AvgIpc) is 3.31. The number of nitrogens with one attached hydrogen (secondary N) is 1. The fourth-order valence-corrected chi connectivity index (χ4v) is 4.49. The van der Waals surface area contributed by atoms with Crippen LogP contribution >= 0.6 is 28.1 Å². The molecule has 0 bridgehead atoms. The quantitative estimate of drug-likeness (QED) is 0.503. The predicted octanol–water partition coefficient (Wildman–Crippen LogP) is 4.78. The van der Waals surface area contributed by atoms with Gasteiger partial charge < -0.3 is 19.5 Å². The number of rotatable bonds is 6. The summed E-state index contributed by atoms with van der Waals surface area (Å²) < 4.78 is 20.4. The molecule has 1 saturated heterocycles. The van der Waals surface area contributed by atoms with Crippen LogP contribution in [-0.4, -0.2) is 47.1 Å². The maximum Gasteiger partial charge on any atom is 0.170 e. The average molecular weight is 489 g/mol. The zero-order valence-electron chi connectivity index (χ0n) is 16.7. The zero-order chi connectivity index (χ0) is 21.3. The molecule has 3 aromatic rings. The summed E-state index contributed by atoms with van der Waals surface area (Å²) in [4.78, 5) is 8.81. The summed E-state index contributed by atoms with van der Waals surface area (Å²) in [7, 11) is 4.07. The summed E-state index contributed by atoms with van der Waals surface area (Å²) in [6, 6.07) is 14.0. The van der Waals surface area contributed by atoms with E-state index in [9.17, 15) is 4.39 Å². The molecular weight excluding hydrogens is 467 g/mol. The molecule has 2 atom stereocenters. The molecule has 1 aromatic carbocycles. The minimum absolute atomic E-state index is 0.128. The normalized spacial score (nSPS) is 18.8. The van der Waals surface area contributed by atoms with E-state index in [1.165, 1.54) is 12.1 Å². The van der Waals surface area contributed by atoms with Crippen LogP contribution in [0.5, 0.6) is 0 Å². The molecule has 0 spiro atoms. The molecule has 30 heavy (non-hydrogen) atoms. The highest BCUT2D eigenvalue weighted by Gasteiger charge is 2.41. The van der Waals surface area contributed by atoms with Crippen molar-refractivity contribution in [1.29, 1.82) is 0 Å². The first kappa shape index (κ1) is 21.0. The van der Waals surface area contributed by atoms with Gasteiger partial charge in [0.05, 0.1) is 11.7 Å². The van der Waals surface area contributed by atoms with Crippen molar-refractivity contribution in [3.05, 3.63) is 76.5 Å². The molecule has 156 valence electrons. The molecule has 0 saturated carbocycles. The maximum absolute atomic E-state index is 13.5. The van der Waals surface area contributed by atoms with E-state index >= 15 is 0 Å². The van der Waals surface area contributed by atoms with Crippen molar-refractivity contribution < 1.29 is 8.81 Å². The van der Waals surface area contributed by atoms with Gasteiger partial charge in [0.2, 0.25) is 0 Å². The molecule has 1 aliphatic rings. The third kappa shape index (κ3) is 4.26. The van der Waals surface area contributed by atoms with E-state index in [1.807, 2.05) is 44.4 Å². The highest BCUT2D eigenvalue weighted by atomic mass is 79.9. The van der Waals surface area contributed by atoms with E-state index in [4.69, 9.17) is 16.6 Å². The lowest BCUT2D eigenvalue weighted by Gasteiger charge is -2.27. The fraction of sp³-hybridized carbons (Fsp3) is 0.273. The third-order valence-electron chi connectivity index (χ3n) is 5.10. The monoisotopic (exact) mass is 488 g/mol. The molecule has 5 nitrogen and oxygen atoms in total. The minimum atomic E-state index is -0.298. The van der Waals surface area contributed by atoms with Crippen LogP contribution in [0.4, 0.5) is 4.39 Å². The van der Waals surface area contributed by atoms with E-state index in [1.54, 1.807) is 12.3 Å². The van der Waals surface area contributed by atoms with Gasteiger partial charge in [-0.3, -0.25) is 4.98 Å². The Morgan fingerprint density at radius 3 is 2.77 bits per heavy atom. The Labute approximate surface area is 189 Å². The van der Waals surface area contributed by atoms with Crippen molar-refractivity contribution in [3.63, 3.8) is 0 Å². The number of halogens is 2. The Bertz CT molecular complexity index is 1040. The highest BCUT2D eigenvalue weighted by Crippen LogP contribution is 2.41. The van der Waals surface area contributed by atoms with Gasteiger partial charge in [-0.05, 0) is 84.7 Å². The molecule has 1 N–H and O–H groups in total. The number of benzene rings is 1. The second-order valence-electron chi connectivity index (χ2n) is 7.45. The number of hydrogen-bond acceptors (Lipinski definition) is 4. The number of furan rings is 1. The first-order valence-corrected chi connectivity index (χ1v) is 10.8. The molecule has 4 rings (SSSR count). The van der Waals surface area contributed by atoms with Gasteiger partial charge in [0.1, 0.15) is 23.4 Å². The summed E-state index contributed by atoms with van der Waals surface area (Å²) in [6.07, 6.45) is 1.78. The van der Waals surface area contributed by atoms with Gasteiger partial charge in [0, 0.05) is 29.3 Å². The summed E-state index contributed by atoms with van der Waals surface area (Å²) in [5.74, 6) is 1.15. The Morgan fingerprint density at radius 1 is 1.23 bits per heavy atom. The Hall–Kier alpha value is -2.29. The van der Waals surface area contributed by atoms with E-state index < -0.39 is 0 Å². The van der Waals surface area contributed by atoms with E-state index in [2.05, 4.69) is 36.0 Å². The van der Waals surface area contributed by atoms with Gasteiger partial charge in [0.15, 0.2) is 5.11 Å². The van der Waals surface area contributed by atoms with Gasteiger partial charge >= 0.3 is 0 Å². The zero-order valence-corrected chi connectivity index (χ0v) is 19.1. The van der Waals surface area contributed by atoms with Crippen LogP contribution in [-0.2, 0) is 0 Å². The van der Waals surface area contributed by atoms with Crippen molar-refractivity contribution in [2.24, 2.45) is 0 Å². The van der Waals surface area contributed by atoms with Crippen LogP contribution in [0.25, 0.3) is 11.3 Å². The lowest BCUT2D eigenvalue weighted by atomic mass is 10.0. The van der Waals surface area contributed by atoms with Gasteiger partial charge in [-0.2, -0.15) is 0 Å². The molecule has 0 amide bonds. The number of nitrogens with zero attached hydrogens (tertiary/aromatic N) is 3. The summed E-state index contributed by atoms with van der Waals surface area (Å²) >= 11 is 9.09. The van der Waals surface area contributed by atoms with Crippen molar-refractivity contribution in [3.8, 4) is 11.3 Å². The van der Waals surface area contributed by atoms with Crippen LogP contribution in [0.3, 0.4) is 0 Å². The van der Waals surface area contributed by atoms with Gasteiger partial charge in [-0.15, -0.1) is 0 Å². The van der Waals surface area contributed by atoms with E-state index in [0.29, 0.717) is 15.3 Å². The topological polar surface area (TPSA) is 44.5 Å². The molecular formula is C22H22BrFN4OS. The summed E-state index contributed by atoms with van der Waals surface area (Å²) in [6.45, 7) is 1.60. The van der Waals surface area contributed by atoms with Crippen molar-refractivity contribution in [2.75, 3.05) is 27.2 Å².